The maximum absolute atomic E-state index is 13.0. The Balaban J connectivity index is 0.00000120. The Morgan fingerprint density at radius 3 is 1.13 bits per heavy atom. The molecule has 2 aromatic carbocycles. The van der Waals surface area contributed by atoms with Gasteiger partial charge < -0.3 is 27.0 Å². The number of benzene rings is 2. The second-order valence-corrected chi connectivity index (χ2v) is 9.23. The van der Waals surface area contributed by atoms with Gasteiger partial charge in [0, 0.05) is 13.1 Å². The quantitative estimate of drug-likeness (QED) is 0.179. The van der Waals surface area contributed by atoms with Crippen LogP contribution in [0, 0.1) is 5.41 Å². The molecule has 2 aromatic rings. The van der Waals surface area contributed by atoms with Crippen LogP contribution in [0.2, 0.25) is 0 Å². The van der Waals surface area contributed by atoms with Crippen molar-refractivity contribution < 1.29 is 77.3 Å². The first kappa shape index (κ1) is 41.9. The molecule has 2 rings (SSSR count). The second kappa shape index (κ2) is 17.0. The summed E-state index contributed by atoms with van der Waals surface area (Å²) in [5.74, 6) is -5.95. The van der Waals surface area contributed by atoms with E-state index in [0.717, 1.165) is 24.3 Å². The number of halogens is 12. The number of carboxylic acids is 2. The van der Waals surface area contributed by atoms with E-state index in [9.17, 15) is 57.5 Å². The Morgan fingerprint density at radius 1 is 0.609 bits per heavy atom. The van der Waals surface area contributed by atoms with Crippen molar-refractivity contribution in [3.05, 3.63) is 70.8 Å². The second-order valence-electron chi connectivity index (χ2n) is 9.23. The van der Waals surface area contributed by atoms with Crippen molar-refractivity contribution >= 4 is 17.8 Å². The smallest absolute Gasteiger partial charge is 0.475 e. The van der Waals surface area contributed by atoms with Crippen molar-refractivity contribution in [2.45, 2.75) is 44.0 Å². The highest BCUT2D eigenvalue weighted by Crippen LogP contribution is 2.33. The van der Waals surface area contributed by atoms with Gasteiger partial charge in [0.15, 0.2) is 0 Å². The third-order valence-electron chi connectivity index (χ3n) is 5.67. The SMILES string of the molecule is NCCCNC(=O)C(CN)(Cc1ccc(C(F)(F)F)cc1)Cc1ccc(C(F)(F)F)cc1.O=C(O)C(F)(F)F.O=C(O)C(F)(F)F. The van der Waals surface area contributed by atoms with Gasteiger partial charge in [-0.2, -0.15) is 52.7 Å². The fourth-order valence-corrected chi connectivity index (χ4v) is 3.36. The molecule has 0 aliphatic heterocycles. The number of rotatable bonds is 9. The molecule has 0 bridgehead atoms. The van der Waals surface area contributed by atoms with Crippen LogP contribution >= 0.6 is 0 Å². The number of hydrogen-bond acceptors (Lipinski definition) is 5. The fraction of sp³-hybridized carbons (Fsp3) is 0.423. The summed E-state index contributed by atoms with van der Waals surface area (Å²) in [5, 5.41) is 17.0. The topological polar surface area (TPSA) is 156 Å². The molecular weight excluding hydrogens is 662 g/mol. The molecule has 1 amide bonds. The molecule has 0 fully saturated rings. The number of alkyl halides is 12. The third kappa shape index (κ3) is 14.8. The number of hydrogen-bond donors (Lipinski definition) is 5. The van der Waals surface area contributed by atoms with Gasteiger partial charge in [0.25, 0.3) is 0 Å². The molecule has 20 heteroatoms. The molecule has 46 heavy (non-hydrogen) atoms. The zero-order valence-corrected chi connectivity index (χ0v) is 23.2. The largest absolute Gasteiger partial charge is 0.490 e. The minimum absolute atomic E-state index is 0.0110. The molecule has 0 saturated carbocycles. The van der Waals surface area contributed by atoms with Gasteiger partial charge in [-0.15, -0.1) is 0 Å². The summed E-state index contributed by atoms with van der Waals surface area (Å²) in [7, 11) is 0. The van der Waals surface area contributed by atoms with Gasteiger partial charge >= 0.3 is 36.6 Å². The van der Waals surface area contributed by atoms with Crippen molar-refractivity contribution in [3.63, 3.8) is 0 Å². The molecule has 0 aliphatic carbocycles. The Bertz CT molecular complexity index is 1170. The molecule has 0 radical (unpaired) electrons. The molecule has 7 N–H and O–H groups in total. The van der Waals surface area contributed by atoms with Gasteiger partial charge in [-0.25, -0.2) is 9.59 Å². The van der Waals surface area contributed by atoms with Gasteiger partial charge in [-0.3, -0.25) is 4.79 Å². The normalized spacial score (nSPS) is 12.2. The van der Waals surface area contributed by atoms with Gasteiger partial charge in [-0.1, -0.05) is 24.3 Å². The number of carbonyl (C=O) groups is 3. The van der Waals surface area contributed by atoms with Gasteiger partial charge in [-0.05, 0) is 61.2 Å². The highest BCUT2D eigenvalue weighted by atomic mass is 19.4. The average molecular weight is 689 g/mol. The van der Waals surface area contributed by atoms with Crippen LogP contribution in [0.5, 0.6) is 0 Å². The van der Waals surface area contributed by atoms with Crippen LogP contribution in [-0.4, -0.2) is 60.0 Å². The highest BCUT2D eigenvalue weighted by molar-refractivity contribution is 5.83. The molecule has 0 unspecified atom stereocenters. The number of aliphatic carboxylic acids is 2. The number of nitrogens with one attached hydrogen (secondary N) is 1. The molecular formula is C26H27F12N3O5. The van der Waals surface area contributed by atoms with E-state index in [1.165, 1.54) is 24.3 Å². The van der Waals surface area contributed by atoms with Gasteiger partial charge in [0.05, 0.1) is 16.5 Å². The number of carboxylic acid groups (broad SMARTS) is 2. The average Bonchev–Trinajstić information content (AvgIpc) is 2.92. The maximum Gasteiger partial charge on any atom is 0.490 e. The molecule has 0 saturated heterocycles. The highest BCUT2D eigenvalue weighted by Gasteiger charge is 2.40. The van der Waals surface area contributed by atoms with Crippen molar-refractivity contribution in [2.75, 3.05) is 19.6 Å². The van der Waals surface area contributed by atoms with E-state index in [1.54, 1.807) is 0 Å². The lowest BCUT2D eigenvalue weighted by Gasteiger charge is -2.32. The van der Waals surface area contributed by atoms with Gasteiger partial charge in [0.2, 0.25) is 5.91 Å². The summed E-state index contributed by atoms with van der Waals surface area (Å²) in [6.45, 7) is 0.453. The monoisotopic (exact) mass is 689 g/mol. The van der Waals surface area contributed by atoms with Crippen molar-refractivity contribution in [1.29, 1.82) is 0 Å². The van der Waals surface area contributed by atoms with Gasteiger partial charge in [0.1, 0.15) is 0 Å². The van der Waals surface area contributed by atoms with Crippen molar-refractivity contribution in [3.8, 4) is 0 Å². The van der Waals surface area contributed by atoms with Crippen LogP contribution in [0.1, 0.15) is 28.7 Å². The summed E-state index contributed by atoms with van der Waals surface area (Å²) in [6.07, 6.45) is -18.6. The molecule has 0 heterocycles. The number of amides is 1. The standard InChI is InChI=1S/C22H25F6N3O.2C2HF3O2/c23-21(24,25)17-6-2-15(3-7-17)12-20(14-30,19(32)31-11-1-10-29)13-16-4-8-18(9-5-16)22(26,27)28;2*3-2(4,5)1(6)7/h2-9H,1,10-14,29-30H2,(H,31,32);2*(H,6,7). The van der Waals surface area contributed by atoms with E-state index in [2.05, 4.69) is 5.32 Å². The van der Waals surface area contributed by atoms with E-state index >= 15 is 0 Å². The molecule has 0 aliphatic rings. The predicted molar refractivity (Wildman–Crippen MR) is 136 cm³/mol. The molecule has 0 aromatic heterocycles. The summed E-state index contributed by atoms with van der Waals surface area (Å²) in [4.78, 5) is 30.8. The first-order valence-electron chi connectivity index (χ1n) is 12.4. The summed E-state index contributed by atoms with van der Waals surface area (Å²) >= 11 is 0. The lowest BCUT2D eigenvalue weighted by Crippen LogP contribution is -2.49. The zero-order chi connectivity index (χ0) is 36.1. The van der Waals surface area contributed by atoms with Crippen LogP contribution in [0.15, 0.2) is 48.5 Å². The molecule has 0 spiro atoms. The Hall–Kier alpha value is -4.07. The molecule has 260 valence electrons. The Kier molecular flexibility index (Phi) is 15.5. The Labute approximate surface area is 252 Å². The van der Waals surface area contributed by atoms with Crippen LogP contribution < -0.4 is 16.8 Å². The summed E-state index contributed by atoms with van der Waals surface area (Å²) in [5.41, 5.74) is 9.38. The third-order valence-corrected chi connectivity index (χ3v) is 5.67. The van der Waals surface area contributed by atoms with E-state index in [0.29, 0.717) is 24.1 Å². The van der Waals surface area contributed by atoms with E-state index in [1.807, 2.05) is 0 Å². The lowest BCUT2D eigenvalue weighted by atomic mass is 9.75. The molecule has 8 nitrogen and oxygen atoms in total. The fourth-order valence-electron chi connectivity index (χ4n) is 3.36. The van der Waals surface area contributed by atoms with Crippen molar-refractivity contribution in [2.24, 2.45) is 16.9 Å². The van der Waals surface area contributed by atoms with Crippen molar-refractivity contribution in [1.82, 2.24) is 5.32 Å². The predicted octanol–water partition coefficient (Wildman–Crippen LogP) is 5.19. The van der Waals surface area contributed by atoms with Crippen LogP contribution in [0.25, 0.3) is 0 Å². The summed E-state index contributed by atoms with van der Waals surface area (Å²) in [6, 6.07) is 8.75. The number of nitrogens with two attached hydrogens (primary N) is 2. The Morgan fingerprint density at radius 2 is 0.913 bits per heavy atom. The minimum Gasteiger partial charge on any atom is -0.475 e. The van der Waals surface area contributed by atoms with Crippen LogP contribution in [0.3, 0.4) is 0 Å². The summed E-state index contributed by atoms with van der Waals surface area (Å²) < 4.78 is 141. The lowest BCUT2D eigenvalue weighted by molar-refractivity contribution is -0.193. The minimum atomic E-state index is -5.08. The van der Waals surface area contributed by atoms with Crippen LogP contribution in [-0.2, 0) is 39.6 Å². The van der Waals surface area contributed by atoms with E-state index in [-0.39, 0.29) is 25.9 Å². The number of carbonyl (C=O) groups excluding carboxylic acids is 1. The van der Waals surface area contributed by atoms with Crippen LogP contribution in [0.4, 0.5) is 52.7 Å². The first-order valence-corrected chi connectivity index (χ1v) is 12.4. The zero-order valence-electron chi connectivity index (χ0n) is 23.2. The van der Waals surface area contributed by atoms with E-state index < -0.39 is 59.1 Å². The van der Waals surface area contributed by atoms with E-state index in [4.69, 9.17) is 31.3 Å². The molecule has 0 atom stereocenters. The first-order chi connectivity index (χ1) is 20.8. The maximum atomic E-state index is 13.0.